The van der Waals surface area contributed by atoms with E-state index in [0.717, 1.165) is 0 Å². The van der Waals surface area contributed by atoms with Crippen molar-refractivity contribution in [1.29, 1.82) is 0 Å². The minimum Gasteiger partial charge on any atom is -0.378 e. The van der Waals surface area contributed by atoms with Gasteiger partial charge in [-0.05, 0) is 53.8 Å². The molecule has 1 N–H and O–H groups in total. The number of thiophene rings is 2. The molecule has 0 saturated carbocycles. The summed E-state index contributed by atoms with van der Waals surface area (Å²) < 4.78 is 0. The molecule has 4 rings (SSSR count). The molecule has 3 heteroatoms. The average molecular weight is 311 g/mol. The van der Waals surface area contributed by atoms with E-state index in [4.69, 9.17) is 0 Å². The maximum absolute atomic E-state index is 3.79. The highest BCUT2D eigenvalue weighted by Gasteiger charge is 2.21. The molecule has 0 amide bonds. The third kappa shape index (κ3) is 2.52. The summed E-state index contributed by atoms with van der Waals surface area (Å²) in [5.41, 5.74) is 4.08. The SMILES string of the molecule is c1csc(-c2ccccc2NC2CCCc3sccc32)c1. The molecule has 1 aliphatic rings. The summed E-state index contributed by atoms with van der Waals surface area (Å²) in [6.07, 6.45) is 3.76. The smallest absolute Gasteiger partial charge is 0.0525 e. The van der Waals surface area contributed by atoms with Crippen molar-refractivity contribution in [3.05, 3.63) is 63.7 Å². The van der Waals surface area contributed by atoms with Gasteiger partial charge in [-0.1, -0.05) is 24.3 Å². The number of fused-ring (bicyclic) bond motifs is 1. The van der Waals surface area contributed by atoms with Crippen molar-refractivity contribution in [1.82, 2.24) is 0 Å². The van der Waals surface area contributed by atoms with E-state index in [-0.39, 0.29) is 0 Å². The molecule has 1 aliphatic carbocycles. The minimum atomic E-state index is 0.459. The van der Waals surface area contributed by atoms with E-state index in [1.807, 2.05) is 11.3 Å². The quantitative estimate of drug-likeness (QED) is 0.628. The van der Waals surface area contributed by atoms with E-state index in [2.05, 4.69) is 58.5 Å². The summed E-state index contributed by atoms with van der Waals surface area (Å²) in [6, 6.07) is 15.7. The average Bonchev–Trinajstić information content (AvgIpc) is 3.20. The molecule has 0 saturated heterocycles. The van der Waals surface area contributed by atoms with Crippen LogP contribution in [0.1, 0.15) is 29.3 Å². The van der Waals surface area contributed by atoms with Gasteiger partial charge in [-0.25, -0.2) is 0 Å². The molecule has 0 fully saturated rings. The fourth-order valence-corrected chi connectivity index (χ4v) is 4.83. The van der Waals surface area contributed by atoms with Gasteiger partial charge in [0.25, 0.3) is 0 Å². The first-order valence-corrected chi connectivity index (χ1v) is 9.13. The first kappa shape index (κ1) is 13.1. The monoisotopic (exact) mass is 311 g/mol. The van der Waals surface area contributed by atoms with E-state index in [9.17, 15) is 0 Å². The van der Waals surface area contributed by atoms with Crippen molar-refractivity contribution in [3.8, 4) is 10.4 Å². The van der Waals surface area contributed by atoms with Gasteiger partial charge in [-0.3, -0.25) is 0 Å². The lowest BCUT2D eigenvalue weighted by atomic mass is 9.93. The number of hydrogen-bond acceptors (Lipinski definition) is 3. The molecule has 1 nitrogen and oxygen atoms in total. The fourth-order valence-electron chi connectivity index (χ4n) is 3.08. The molecular formula is C18H17NS2. The first-order valence-electron chi connectivity index (χ1n) is 7.37. The second kappa shape index (κ2) is 5.66. The van der Waals surface area contributed by atoms with Gasteiger partial charge in [-0.2, -0.15) is 0 Å². The molecule has 106 valence electrons. The molecule has 21 heavy (non-hydrogen) atoms. The predicted octanol–water partition coefficient (Wildman–Crippen LogP) is 5.97. The Balaban J connectivity index is 1.68. The largest absolute Gasteiger partial charge is 0.378 e. The predicted molar refractivity (Wildman–Crippen MR) is 93.4 cm³/mol. The van der Waals surface area contributed by atoms with E-state index >= 15 is 0 Å². The summed E-state index contributed by atoms with van der Waals surface area (Å²) in [6.45, 7) is 0. The van der Waals surface area contributed by atoms with Crippen LogP contribution in [0.25, 0.3) is 10.4 Å². The van der Waals surface area contributed by atoms with Crippen molar-refractivity contribution in [3.63, 3.8) is 0 Å². The topological polar surface area (TPSA) is 12.0 Å². The Morgan fingerprint density at radius 2 is 1.90 bits per heavy atom. The van der Waals surface area contributed by atoms with Gasteiger partial charge in [0.15, 0.2) is 0 Å². The summed E-state index contributed by atoms with van der Waals surface area (Å²) in [5, 5.41) is 8.17. The molecule has 1 atom stereocenters. The zero-order chi connectivity index (χ0) is 14.1. The number of anilines is 1. The first-order chi connectivity index (χ1) is 10.4. The van der Waals surface area contributed by atoms with Crippen LogP contribution in [0, 0.1) is 0 Å². The van der Waals surface area contributed by atoms with E-state index in [0.29, 0.717) is 6.04 Å². The van der Waals surface area contributed by atoms with Crippen LogP contribution >= 0.6 is 22.7 Å². The third-order valence-electron chi connectivity index (χ3n) is 4.10. The van der Waals surface area contributed by atoms with Crippen molar-refractivity contribution in [2.45, 2.75) is 25.3 Å². The van der Waals surface area contributed by atoms with Crippen molar-refractivity contribution >= 4 is 28.4 Å². The molecular weight excluding hydrogens is 294 g/mol. The van der Waals surface area contributed by atoms with Gasteiger partial charge < -0.3 is 5.32 Å². The Hall–Kier alpha value is -1.58. The number of aryl methyl sites for hydroxylation is 1. The van der Waals surface area contributed by atoms with Crippen LogP contribution in [0.3, 0.4) is 0 Å². The molecule has 2 heterocycles. The number of benzene rings is 1. The lowest BCUT2D eigenvalue weighted by molar-refractivity contribution is 0.609. The second-order valence-corrected chi connectivity index (χ2v) is 7.36. The van der Waals surface area contributed by atoms with Crippen LogP contribution in [-0.2, 0) is 6.42 Å². The van der Waals surface area contributed by atoms with Gasteiger partial charge in [0, 0.05) is 21.0 Å². The molecule has 1 unspecified atom stereocenters. The molecule has 0 spiro atoms. The van der Waals surface area contributed by atoms with E-state index < -0.39 is 0 Å². The lowest BCUT2D eigenvalue weighted by Crippen LogP contribution is -2.15. The molecule has 3 aromatic rings. The number of para-hydroxylation sites is 1. The maximum atomic E-state index is 3.79. The Kier molecular flexibility index (Phi) is 3.53. The molecule has 1 aromatic carbocycles. The molecule has 2 aromatic heterocycles. The van der Waals surface area contributed by atoms with Crippen LogP contribution in [0.5, 0.6) is 0 Å². The molecule has 0 bridgehead atoms. The van der Waals surface area contributed by atoms with E-state index in [1.165, 1.54) is 41.0 Å². The molecule has 0 aliphatic heterocycles. The van der Waals surface area contributed by atoms with Crippen LogP contribution < -0.4 is 5.32 Å². The number of hydrogen-bond donors (Lipinski definition) is 1. The minimum absolute atomic E-state index is 0.459. The van der Waals surface area contributed by atoms with Gasteiger partial charge in [0.05, 0.1) is 6.04 Å². The zero-order valence-electron chi connectivity index (χ0n) is 11.7. The van der Waals surface area contributed by atoms with Gasteiger partial charge >= 0.3 is 0 Å². The zero-order valence-corrected chi connectivity index (χ0v) is 13.3. The fraction of sp³-hybridized carbons (Fsp3) is 0.222. The summed E-state index contributed by atoms with van der Waals surface area (Å²) in [5.74, 6) is 0. The lowest BCUT2D eigenvalue weighted by Gasteiger charge is -2.25. The van der Waals surface area contributed by atoms with Crippen molar-refractivity contribution < 1.29 is 0 Å². The normalized spacial score (nSPS) is 17.4. The maximum Gasteiger partial charge on any atom is 0.0525 e. The number of rotatable bonds is 3. The van der Waals surface area contributed by atoms with Crippen LogP contribution in [0.2, 0.25) is 0 Å². The summed E-state index contributed by atoms with van der Waals surface area (Å²) in [7, 11) is 0. The standard InChI is InChI=1S/C18H17NS2/c1-2-6-15(13(5-1)18-9-4-11-20-18)19-16-7-3-8-17-14(16)10-12-21-17/h1-2,4-6,9-12,16,19H,3,7-8H2. The van der Waals surface area contributed by atoms with Gasteiger partial charge in [0.1, 0.15) is 0 Å². The Labute approximate surface area is 133 Å². The highest BCUT2D eigenvalue weighted by molar-refractivity contribution is 7.13. The number of nitrogens with one attached hydrogen (secondary N) is 1. The van der Waals surface area contributed by atoms with E-state index in [1.54, 1.807) is 16.2 Å². The van der Waals surface area contributed by atoms with Crippen LogP contribution in [0.4, 0.5) is 5.69 Å². The Morgan fingerprint density at radius 1 is 0.952 bits per heavy atom. The molecule has 0 radical (unpaired) electrons. The van der Waals surface area contributed by atoms with Crippen molar-refractivity contribution in [2.24, 2.45) is 0 Å². The van der Waals surface area contributed by atoms with Crippen LogP contribution in [0.15, 0.2) is 53.2 Å². The van der Waals surface area contributed by atoms with Crippen LogP contribution in [-0.4, -0.2) is 0 Å². The van der Waals surface area contributed by atoms with Crippen molar-refractivity contribution in [2.75, 3.05) is 5.32 Å². The Morgan fingerprint density at radius 3 is 2.81 bits per heavy atom. The highest BCUT2D eigenvalue weighted by Crippen LogP contribution is 2.38. The Bertz CT molecular complexity index is 727. The van der Waals surface area contributed by atoms with Gasteiger partial charge in [0.2, 0.25) is 0 Å². The summed E-state index contributed by atoms with van der Waals surface area (Å²) >= 11 is 3.71. The summed E-state index contributed by atoms with van der Waals surface area (Å²) in [4.78, 5) is 2.90. The highest BCUT2D eigenvalue weighted by atomic mass is 32.1. The third-order valence-corrected chi connectivity index (χ3v) is 6.00. The second-order valence-electron chi connectivity index (χ2n) is 5.41. The van der Waals surface area contributed by atoms with Gasteiger partial charge in [-0.15, -0.1) is 22.7 Å².